The summed E-state index contributed by atoms with van der Waals surface area (Å²) in [6, 6.07) is 14.5. The van der Waals surface area contributed by atoms with Crippen LogP contribution in [0.5, 0.6) is 0 Å². The normalized spacial score (nSPS) is 10.8. The van der Waals surface area contributed by atoms with Crippen molar-refractivity contribution in [2.45, 2.75) is 26.3 Å². The molecule has 0 atom stereocenters. The van der Waals surface area contributed by atoms with Gasteiger partial charge >= 0.3 is 35.5 Å². The fourth-order valence-corrected chi connectivity index (χ4v) is 5.24. The minimum atomic E-state index is -1.26. The Labute approximate surface area is 243 Å². The third-order valence-electron chi connectivity index (χ3n) is 5.26. The molecule has 10 heteroatoms. The predicted molar refractivity (Wildman–Crippen MR) is 147 cm³/mol. The maximum atomic E-state index is 13.7. The molecule has 0 saturated carbocycles. The summed E-state index contributed by atoms with van der Waals surface area (Å²) in [7, 11) is 0. The van der Waals surface area contributed by atoms with Crippen LogP contribution in [0, 0.1) is 0 Å². The zero-order valence-corrected chi connectivity index (χ0v) is 21.4. The topological polar surface area (TPSA) is 70.5 Å². The number of hydrogen-bond acceptors (Lipinski definition) is 5. The zero-order valence-electron chi connectivity index (χ0n) is 18.3. The predicted octanol–water partition coefficient (Wildman–Crippen LogP) is 7.20. The van der Waals surface area contributed by atoms with Gasteiger partial charge in [0.25, 0.3) is 5.91 Å². The SMILES string of the molecule is CC(C)c1ccc(-c2csc(N(Cc3cccs3)C(=O)c3cc(Cl)c(Cl)cc3C(=O)O)n2)cc1.[NaH]. The number of carbonyl (C=O) groups is 2. The Kier molecular flexibility index (Phi) is 9.57. The molecule has 0 spiro atoms. The van der Waals surface area contributed by atoms with Crippen molar-refractivity contribution in [3.63, 3.8) is 0 Å². The van der Waals surface area contributed by atoms with Crippen LogP contribution in [0.25, 0.3) is 11.3 Å². The standard InChI is InChI=1S/C25H20Cl2N2O3S2.Na.H/c1-14(2)15-5-7-16(8-6-15)22-13-34-25(28-22)29(12-17-4-3-9-33-17)23(30)18-10-20(26)21(27)11-19(18)24(31)32;;/h3-11,13-14H,12H2,1-2H3,(H,31,32);;. The summed E-state index contributed by atoms with van der Waals surface area (Å²) in [5, 5.41) is 14.1. The van der Waals surface area contributed by atoms with Gasteiger partial charge < -0.3 is 5.11 Å². The molecule has 1 amide bonds. The van der Waals surface area contributed by atoms with Gasteiger partial charge in [0.15, 0.2) is 5.13 Å². The number of anilines is 1. The molecular formula is C25H21Cl2N2NaO3S2. The number of rotatable bonds is 7. The van der Waals surface area contributed by atoms with Crippen molar-refractivity contribution in [2.24, 2.45) is 0 Å². The minimum absolute atomic E-state index is 0. The van der Waals surface area contributed by atoms with Gasteiger partial charge in [-0.05, 0) is 35.1 Å². The van der Waals surface area contributed by atoms with Crippen LogP contribution in [-0.2, 0) is 6.54 Å². The van der Waals surface area contributed by atoms with Crippen molar-refractivity contribution in [3.8, 4) is 11.3 Å². The molecule has 0 radical (unpaired) electrons. The first-order chi connectivity index (χ1) is 16.2. The van der Waals surface area contributed by atoms with Crippen molar-refractivity contribution in [2.75, 3.05) is 4.90 Å². The molecular weight excluding hydrogens is 534 g/mol. The third kappa shape index (κ3) is 6.35. The number of aromatic nitrogens is 1. The second-order valence-corrected chi connectivity index (χ2v) is 10.6. The number of nitrogens with zero attached hydrogens (tertiary/aromatic N) is 2. The molecule has 4 rings (SSSR count). The van der Waals surface area contributed by atoms with E-state index in [1.54, 1.807) is 0 Å². The fraction of sp³-hybridized carbons (Fsp3) is 0.160. The van der Waals surface area contributed by atoms with Gasteiger partial charge in [-0.2, -0.15) is 0 Å². The van der Waals surface area contributed by atoms with E-state index in [1.807, 2.05) is 35.0 Å². The van der Waals surface area contributed by atoms with Crippen molar-refractivity contribution in [1.82, 2.24) is 4.98 Å². The summed E-state index contributed by atoms with van der Waals surface area (Å²) in [6.45, 7) is 4.52. The van der Waals surface area contributed by atoms with E-state index in [9.17, 15) is 14.7 Å². The molecule has 0 fully saturated rings. The number of aromatic carboxylic acids is 1. The second-order valence-electron chi connectivity index (χ2n) is 7.88. The van der Waals surface area contributed by atoms with Crippen molar-refractivity contribution < 1.29 is 14.7 Å². The Balaban J connectivity index is 0.00000342. The summed E-state index contributed by atoms with van der Waals surface area (Å²) in [4.78, 5) is 32.6. The fourth-order valence-electron chi connectivity index (χ4n) is 3.39. The van der Waals surface area contributed by atoms with Crippen molar-refractivity contribution >= 4 is 92.4 Å². The molecule has 5 nitrogen and oxygen atoms in total. The Morgan fingerprint density at radius 1 is 1.03 bits per heavy atom. The van der Waals surface area contributed by atoms with E-state index >= 15 is 0 Å². The van der Waals surface area contributed by atoms with Crippen LogP contribution in [0.3, 0.4) is 0 Å². The monoisotopic (exact) mass is 554 g/mol. The molecule has 176 valence electrons. The number of benzene rings is 2. The van der Waals surface area contributed by atoms with Gasteiger partial charge in [0.2, 0.25) is 0 Å². The molecule has 1 N–H and O–H groups in total. The van der Waals surface area contributed by atoms with Crippen LogP contribution in [0.15, 0.2) is 59.3 Å². The van der Waals surface area contributed by atoms with E-state index in [0.29, 0.717) is 11.0 Å². The van der Waals surface area contributed by atoms with Crippen LogP contribution in [0.2, 0.25) is 10.0 Å². The van der Waals surface area contributed by atoms with E-state index in [1.165, 1.54) is 45.3 Å². The molecule has 0 saturated heterocycles. The van der Waals surface area contributed by atoms with Crippen LogP contribution in [0.4, 0.5) is 5.13 Å². The summed E-state index contributed by atoms with van der Waals surface area (Å²) >= 11 is 15.0. The van der Waals surface area contributed by atoms with Gasteiger partial charge in [-0.3, -0.25) is 9.69 Å². The molecule has 35 heavy (non-hydrogen) atoms. The number of thiazole rings is 1. The van der Waals surface area contributed by atoms with Crippen LogP contribution < -0.4 is 4.90 Å². The molecule has 0 aliphatic carbocycles. The Morgan fingerprint density at radius 2 is 1.69 bits per heavy atom. The van der Waals surface area contributed by atoms with Gasteiger partial charge in [0, 0.05) is 15.8 Å². The molecule has 2 heterocycles. The summed E-state index contributed by atoms with van der Waals surface area (Å²) in [5.41, 5.74) is 2.66. The third-order valence-corrected chi connectivity index (χ3v) is 7.70. The molecule has 0 unspecified atom stereocenters. The molecule has 2 aromatic carbocycles. The molecule has 0 aliphatic rings. The van der Waals surface area contributed by atoms with Gasteiger partial charge in [-0.1, -0.05) is 67.4 Å². The molecule has 0 aliphatic heterocycles. The van der Waals surface area contributed by atoms with E-state index in [2.05, 4.69) is 26.0 Å². The average molecular weight is 555 g/mol. The van der Waals surface area contributed by atoms with Gasteiger partial charge in [0.05, 0.1) is 33.4 Å². The quantitative estimate of drug-likeness (QED) is 0.245. The Bertz CT molecular complexity index is 1340. The zero-order chi connectivity index (χ0) is 24.4. The Morgan fingerprint density at radius 3 is 2.26 bits per heavy atom. The summed E-state index contributed by atoms with van der Waals surface area (Å²) in [5.74, 6) is -1.35. The number of amides is 1. The van der Waals surface area contributed by atoms with Gasteiger partial charge in [0.1, 0.15) is 0 Å². The molecule has 0 bridgehead atoms. The summed E-state index contributed by atoms with van der Waals surface area (Å²) < 4.78 is 0. The van der Waals surface area contributed by atoms with Crippen LogP contribution >= 0.6 is 45.9 Å². The number of hydrogen-bond donors (Lipinski definition) is 1. The first kappa shape index (κ1) is 27.9. The number of carboxylic acids is 1. The van der Waals surface area contributed by atoms with Gasteiger partial charge in [-0.15, -0.1) is 22.7 Å². The van der Waals surface area contributed by atoms with Crippen molar-refractivity contribution in [1.29, 1.82) is 0 Å². The number of thiophene rings is 1. The first-order valence-electron chi connectivity index (χ1n) is 10.4. The summed E-state index contributed by atoms with van der Waals surface area (Å²) in [6.07, 6.45) is 0. The van der Waals surface area contributed by atoms with Crippen LogP contribution in [0.1, 0.15) is 50.9 Å². The first-order valence-corrected chi connectivity index (χ1v) is 12.9. The van der Waals surface area contributed by atoms with E-state index in [-0.39, 0.29) is 57.3 Å². The molecule has 4 aromatic rings. The average Bonchev–Trinajstić information content (AvgIpc) is 3.51. The van der Waals surface area contributed by atoms with Crippen LogP contribution in [-0.4, -0.2) is 51.5 Å². The second kappa shape index (κ2) is 12.0. The van der Waals surface area contributed by atoms with Crippen molar-refractivity contribution in [3.05, 3.63) is 90.9 Å². The van der Waals surface area contributed by atoms with E-state index in [0.717, 1.165) is 16.1 Å². The number of carboxylic acid groups (broad SMARTS) is 1. The van der Waals surface area contributed by atoms with Gasteiger partial charge in [-0.25, -0.2) is 9.78 Å². The maximum absolute atomic E-state index is 13.7. The van der Waals surface area contributed by atoms with E-state index in [4.69, 9.17) is 28.2 Å². The number of halogens is 2. The Hall–Kier alpha value is -1.71. The number of carbonyl (C=O) groups excluding carboxylic acids is 1. The molecule has 2 aromatic heterocycles. The van der Waals surface area contributed by atoms with E-state index < -0.39 is 11.9 Å².